The Morgan fingerprint density at radius 1 is 1.12 bits per heavy atom. The van der Waals surface area contributed by atoms with Crippen LogP contribution in [-0.4, -0.2) is 26.3 Å². The molecule has 0 spiro atoms. The number of para-hydroxylation sites is 2. The fourth-order valence-corrected chi connectivity index (χ4v) is 5.69. The Bertz CT molecular complexity index is 1210. The van der Waals surface area contributed by atoms with E-state index in [1.54, 1.807) is 31.8 Å². The van der Waals surface area contributed by atoms with Gasteiger partial charge in [-0.2, -0.15) is 0 Å². The molecule has 178 valence electrons. The molecule has 5 nitrogen and oxygen atoms in total. The monoisotopic (exact) mass is 476 g/mol. The number of ether oxygens (including phenoxy) is 2. The highest BCUT2D eigenvalue weighted by Crippen LogP contribution is 2.45. The van der Waals surface area contributed by atoms with Crippen molar-refractivity contribution in [2.75, 3.05) is 19.5 Å². The second-order valence-corrected chi connectivity index (χ2v) is 10.8. The topological polar surface area (TPSA) is 59.9 Å². The molecule has 1 aromatic heterocycles. The van der Waals surface area contributed by atoms with E-state index in [0.29, 0.717) is 22.9 Å². The standard InChI is InChI=1S/C28H32N2O3S/c1-28(2,3)19-13-14-21-24(16-19)34-27(29-17-18-9-8-10-20(15-18)32-4)25(21)26(31)30-22-11-6-7-12-23(22)33-5/h6-12,15,17,19H,13-14,16H2,1-5H3,(H,30,31)/b29-17-. The summed E-state index contributed by atoms with van der Waals surface area (Å²) in [5.74, 6) is 1.85. The molecule has 6 heteroatoms. The summed E-state index contributed by atoms with van der Waals surface area (Å²) >= 11 is 1.64. The Labute approximate surface area is 205 Å². The molecule has 1 aliphatic rings. The smallest absolute Gasteiger partial charge is 0.259 e. The number of carbonyl (C=O) groups excluding carboxylic acids is 1. The average Bonchev–Trinajstić information content (AvgIpc) is 3.20. The fraction of sp³-hybridized carbons (Fsp3) is 0.357. The normalized spacial score (nSPS) is 15.7. The second-order valence-electron chi connectivity index (χ2n) is 9.68. The third-order valence-corrected chi connectivity index (χ3v) is 7.64. The number of anilines is 1. The number of thiophene rings is 1. The van der Waals surface area contributed by atoms with Crippen LogP contribution in [0, 0.1) is 11.3 Å². The van der Waals surface area contributed by atoms with Crippen LogP contribution in [0.4, 0.5) is 10.7 Å². The van der Waals surface area contributed by atoms with Crippen LogP contribution in [0.25, 0.3) is 0 Å². The minimum Gasteiger partial charge on any atom is -0.497 e. The van der Waals surface area contributed by atoms with E-state index in [1.165, 1.54) is 4.88 Å². The summed E-state index contributed by atoms with van der Waals surface area (Å²) in [6, 6.07) is 15.2. The minimum absolute atomic E-state index is 0.144. The quantitative estimate of drug-likeness (QED) is 0.393. The van der Waals surface area contributed by atoms with Gasteiger partial charge in [-0.25, -0.2) is 4.99 Å². The van der Waals surface area contributed by atoms with Crippen LogP contribution in [0.15, 0.2) is 53.5 Å². The van der Waals surface area contributed by atoms with Crippen LogP contribution in [-0.2, 0) is 12.8 Å². The zero-order chi connectivity index (χ0) is 24.3. The van der Waals surface area contributed by atoms with E-state index in [0.717, 1.165) is 41.1 Å². The molecular formula is C28H32N2O3S. The summed E-state index contributed by atoms with van der Waals surface area (Å²) in [5.41, 5.74) is 3.62. The number of benzene rings is 2. The van der Waals surface area contributed by atoms with Gasteiger partial charge in [-0.3, -0.25) is 4.79 Å². The number of fused-ring (bicyclic) bond motifs is 1. The molecule has 0 saturated carbocycles. The highest BCUT2D eigenvalue weighted by atomic mass is 32.1. The number of hydrogen-bond acceptors (Lipinski definition) is 5. The van der Waals surface area contributed by atoms with E-state index in [4.69, 9.17) is 14.5 Å². The molecule has 1 N–H and O–H groups in total. The number of aliphatic imine (C=N–C) groups is 1. The first kappa shape index (κ1) is 24.0. The molecule has 0 bridgehead atoms. The van der Waals surface area contributed by atoms with E-state index in [-0.39, 0.29) is 11.3 Å². The highest BCUT2D eigenvalue weighted by Gasteiger charge is 2.33. The molecule has 2 aromatic carbocycles. The van der Waals surface area contributed by atoms with Gasteiger partial charge in [0.1, 0.15) is 16.5 Å². The van der Waals surface area contributed by atoms with Crippen molar-refractivity contribution in [3.8, 4) is 11.5 Å². The minimum atomic E-state index is -0.144. The third-order valence-electron chi connectivity index (χ3n) is 6.48. The highest BCUT2D eigenvalue weighted by molar-refractivity contribution is 7.16. The van der Waals surface area contributed by atoms with Crippen molar-refractivity contribution >= 4 is 34.1 Å². The Balaban J connectivity index is 1.72. The van der Waals surface area contributed by atoms with Crippen LogP contribution >= 0.6 is 11.3 Å². The number of nitrogens with zero attached hydrogens (tertiary/aromatic N) is 1. The molecule has 0 aliphatic heterocycles. The Morgan fingerprint density at radius 3 is 2.65 bits per heavy atom. The summed E-state index contributed by atoms with van der Waals surface area (Å²) < 4.78 is 10.8. The molecule has 1 heterocycles. The molecule has 1 atom stereocenters. The Kier molecular flexibility index (Phi) is 7.08. The predicted octanol–water partition coefficient (Wildman–Crippen LogP) is 6.92. The number of amides is 1. The lowest BCUT2D eigenvalue weighted by molar-refractivity contribution is 0.102. The van der Waals surface area contributed by atoms with Gasteiger partial charge in [0.2, 0.25) is 0 Å². The van der Waals surface area contributed by atoms with Crippen LogP contribution in [0.3, 0.4) is 0 Å². The second kappa shape index (κ2) is 10.0. The van der Waals surface area contributed by atoms with Crippen molar-refractivity contribution in [1.29, 1.82) is 0 Å². The molecule has 0 saturated heterocycles. The zero-order valence-electron chi connectivity index (χ0n) is 20.5. The van der Waals surface area contributed by atoms with Gasteiger partial charge in [0, 0.05) is 11.1 Å². The first-order chi connectivity index (χ1) is 16.3. The maximum Gasteiger partial charge on any atom is 0.259 e. The van der Waals surface area contributed by atoms with Crippen molar-refractivity contribution in [3.05, 3.63) is 70.1 Å². The van der Waals surface area contributed by atoms with Crippen LogP contribution in [0.2, 0.25) is 0 Å². The zero-order valence-corrected chi connectivity index (χ0v) is 21.3. The van der Waals surface area contributed by atoms with Gasteiger partial charge in [-0.15, -0.1) is 11.3 Å². The number of rotatable bonds is 6. The van der Waals surface area contributed by atoms with E-state index in [2.05, 4.69) is 26.1 Å². The first-order valence-electron chi connectivity index (χ1n) is 11.6. The van der Waals surface area contributed by atoms with Gasteiger partial charge in [-0.05, 0) is 66.0 Å². The van der Waals surface area contributed by atoms with Crippen LogP contribution < -0.4 is 14.8 Å². The van der Waals surface area contributed by atoms with Crippen molar-refractivity contribution in [2.45, 2.75) is 40.0 Å². The lowest BCUT2D eigenvalue weighted by Gasteiger charge is -2.33. The summed E-state index contributed by atoms with van der Waals surface area (Å²) in [5, 5.41) is 3.81. The molecule has 1 unspecified atom stereocenters. The van der Waals surface area contributed by atoms with E-state index in [9.17, 15) is 4.79 Å². The van der Waals surface area contributed by atoms with Gasteiger partial charge < -0.3 is 14.8 Å². The summed E-state index contributed by atoms with van der Waals surface area (Å²) in [6.45, 7) is 6.90. The van der Waals surface area contributed by atoms with Crippen LogP contribution in [0.5, 0.6) is 11.5 Å². The van der Waals surface area contributed by atoms with Crippen molar-refractivity contribution in [1.82, 2.24) is 0 Å². The van der Waals surface area contributed by atoms with E-state index in [1.807, 2.05) is 48.5 Å². The van der Waals surface area contributed by atoms with Gasteiger partial charge in [0.05, 0.1) is 25.5 Å². The average molecular weight is 477 g/mol. The lowest BCUT2D eigenvalue weighted by atomic mass is 9.72. The SMILES string of the molecule is COc1cccc(/C=N\c2sc3c(c2C(=O)Nc2ccccc2OC)CCC(C(C)(C)C)C3)c1. The molecule has 1 amide bonds. The molecule has 1 aliphatic carbocycles. The fourth-order valence-electron chi connectivity index (χ4n) is 4.42. The number of hydrogen-bond donors (Lipinski definition) is 1. The van der Waals surface area contributed by atoms with Gasteiger partial charge in [0.15, 0.2) is 0 Å². The van der Waals surface area contributed by atoms with Crippen LogP contribution in [0.1, 0.15) is 53.6 Å². The number of methoxy groups -OCH3 is 2. The van der Waals surface area contributed by atoms with E-state index >= 15 is 0 Å². The summed E-state index contributed by atoms with van der Waals surface area (Å²) in [7, 11) is 3.25. The molecule has 34 heavy (non-hydrogen) atoms. The molecule has 3 aromatic rings. The Hall–Kier alpha value is -3.12. The first-order valence-corrected chi connectivity index (χ1v) is 12.4. The van der Waals surface area contributed by atoms with Crippen molar-refractivity contribution in [2.24, 2.45) is 16.3 Å². The predicted molar refractivity (Wildman–Crippen MR) is 140 cm³/mol. The maximum absolute atomic E-state index is 13.6. The number of nitrogens with one attached hydrogen (secondary N) is 1. The number of carbonyl (C=O) groups is 1. The molecular weight excluding hydrogens is 444 g/mol. The van der Waals surface area contributed by atoms with Crippen molar-refractivity contribution in [3.63, 3.8) is 0 Å². The molecule has 0 fully saturated rings. The van der Waals surface area contributed by atoms with E-state index < -0.39 is 0 Å². The summed E-state index contributed by atoms with van der Waals surface area (Å²) in [6.07, 6.45) is 4.74. The molecule has 4 rings (SSSR count). The van der Waals surface area contributed by atoms with Gasteiger partial charge in [0.25, 0.3) is 5.91 Å². The van der Waals surface area contributed by atoms with Crippen molar-refractivity contribution < 1.29 is 14.3 Å². The van der Waals surface area contributed by atoms with Gasteiger partial charge in [-0.1, -0.05) is 45.0 Å². The lowest BCUT2D eigenvalue weighted by Crippen LogP contribution is -2.27. The Morgan fingerprint density at radius 2 is 1.91 bits per heavy atom. The largest absolute Gasteiger partial charge is 0.497 e. The summed E-state index contributed by atoms with van der Waals surface area (Å²) in [4.78, 5) is 19.6. The van der Waals surface area contributed by atoms with Gasteiger partial charge >= 0.3 is 0 Å². The third kappa shape index (κ3) is 5.17. The molecule has 0 radical (unpaired) electrons. The maximum atomic E-state index is 13.6.